The highest BCUT2D eigenvalue weighted by atomic mass is 19.1. The Balaban J connectivity index is 2.05. The molecule has 0 atom stereocenters. The molecule has 2 aromatic rings. The van der Waals surface area contributed by atoms with Crippen LogP contribution in [0.4, 0.5) is 10.1 Å². The van der Waals surface area contributed by atoms with Crippen molar-refractivity contribution in [1.29, 1.82) is 0 Å². The molecule has 2 aromatic carbocycles. The molecule has 0 aliphatic heterocycles. The van der Waals surface area contributed by atoms with Crippen molar-refractivity contribution in [3.05, 3.63) is 65.0 Å². The lowest BCUT2D eigenvalue weighted by molar-refractivity contribution is 0.628. The summed E-state index contributed by atoms with van der Waals surface area (Å²) in [5.41, 5.74) is 7.10. The number of aryl methyl sites for hydroxylation is 2. The van der Waals surface area contributed by atoms with E-state index in [4.69, 9.17) is 0 Å². The lowest BCUT2D eigenvalue weighted by Crippen LogP contribution is -1.93. The number of nitrogens with zero attached hydrogens (tertiary/aromatic N) is 1. The number of hydrazone groups is 1. The zero-order valence-corrected chi connectivity index (χ0v) is 10.4. The average Bonchev–Trinajstić information content (AvgIpc) is 2.34. The first-order chi connectivity index (χ1) is 8.65. The van der Waals surface area contributed by atoms with Gasteiger partial charge in [0.15, 0.2) is 0 Å². The maximum atomic E-state index is 12.7. The lowest BCUT2D eigenvalue weighted by atomic mass is 10.1. The number of rotatable bonds is 3. The monoisotopic (exact) mass is 242 g/mol. The molecule has 2 nitrogen and oxygen atoms in total. The summed E-state index contributed by atoms with van der Waals surface area (Å²) in [4.78, 5) is 0. The Bertz CT molecular complexity index is 559. The summed E-state index contributed by atoms with van der Waals surface area (Å²) in [5.74, 6) is -0.251. The van der Waals surface area contributed by atoms with Crippen LogP contribution in [0.3, 0.4) is 0 Å². The Morgan fingerprint density at radius 3 is 2.44 bits per heavy atom. The van der Waals surface area contributed by atoms with Gasteiger partial charge in [0.2, 0.25) is 0 Å². The van der Waals surface area contributed by atoms with E-state index in [0.29, 0.717) is 0 Å². The third kappa shape index (κ3) is 3.17. The van der Waals surface area contributed by atoms with Crippen LogP contribution in [-0.4, -0.2) is 6.21 Å². The van der Waals surface area contributed by atoms with Gasteiger partial charge in [-0.1, -0.05) is 23.8 Å². The van der Waals surface area contributed by atoms with Crippen LogP contribution < -0.4 is 5.43 Å². The molecule has 0 heterocycles. The summed E-state index contributed by atoms with van der Waals surface area (Å²) >= 11 is 0. The average molecular weight is 242 g/mol. The van der Waals surface area contributed by atoms with Crippen molar-refractivity contribution < 1.29 is 4.39 Å². The highest BCUT2D eigenvalue weighted by Crippen LogP contribution is 2.10. The predicted molar refractivity (Wildman–Crippen MR) is 73.5 cm³/mol. The molecule has 0 aromatic heterocycles. The minimum Gasteiger partial charge on any atom is -0.279 e. The van der Waals surface area contributed by atoms with Crippen molar-refractivity contribution in [1.82, 2.24) is 0 Å². The second kappa shape index (κ2) is 5.45. The Morgan fingerprint density at radius 1 is 1.06 bits per heavy atom. The van der Waals surface area contributed by atoms with Crippen LogP contribution in [0.25, 0.3) is 0 Å². The second-order valence-electron chi connectivity index (χ2n) is 4.24. The van der Waals surface area contributed by atoms with Crippen molar-refractivity contribution in [3.63, 3.8) is 0 Å². The quantitative estimate of drug-likeness (QED) is 0.641. The minimum atomic E-state index is -0.251. The smallest absolute Gasteiger partial charge is 0.123 e. The van der Waals surface area contributed by atoms with Gasteiger partial charge in [0.05, 0.1) is 11.9 Å². The SMILES string of the molecule is Cc1ccc(/C=N\Nc2ccc(F)cc2)c(C)c1. The zero-order valence-electron chi connectivity index (χ0n) is 10.4. The fourth-order valence-corrected chi connectivity index (χ4v) is 1.67. The first-order valence-corrected chi connectivity index (χ1v) is 5.77. The molecule has 0 unspecified atom stereocenters. The van der Waals surface area contributed by atoms with E-state index >= 15 is 0 Å². The van der Waals surface area contributed by atoms with Crippen LogP contribution in [0.15, 0.2) is 47.6 Å². The van der Waals surface area contributed by atoms with Gasteiger partial charge in [0.25, 0.3) is 0 Å². The van der Waals surface area contributed by atoms with Gasteiger partial charge in [-0.05, 0) is 49.2 Å². The number of nitrogens with one attached hydrogen (secondary N) is 1. The number of hydrogen-bond donors (Lipinski definition) is 1. The van der Waals surface area contributed by atoms with Gasteiger partial charge in [-0.15, -0.1) is 0 Å². The highest BCUT2D eigenvalue weighted by Gasteiger charge is 1.95. The zero-order chi connectivity index (χ0) is 13.0. The molecule has 92 valence electrons. The molecule has 0 amide bonds. The van der Waals surface area contributed by atoms with Crippen LogP contribution in [0.1, 0.15) is 16.7 Å². The van der Waals surface area contributed by atoms with E-state index in [0.717, 1.165) is 11.3 Å². The van der Waals surface area contributed by atoms with Crippen LogP contribution in [0.5, 0.6) is 0 Å². The molecule has 0 radical (unpaired) electrons. The van der Waals surface area contributed by atoms with E-state index in [1.54, 1.807) is 18.3 Å². The maximum absolute atomic E-state index is 12.7. The lowest BCUT2D eigenvalue weighted by Gasteiger charge is -2.02. The van der Waals surface area contributed by atoms with Gasteiger partial charge < -0.3 is 0 Å². The molecular formula is C15H15FN2. The summed E-state index contributed by atoms with van der Waals surface area (Å²) in [5, 5.41) is 4.13. The van der Waals surface area contributed by atoms with Crippen molar-refractivity contribution in [2.75, 3.05) is 5.43 Å². The van der Waals surface area contributed by atoms with E-state index < -0.39 is 0 Å². The van der Waals surface area contributed by atoms with Gasteiger partial charge in [0.1, 0.15) is 5.82 Å². The van der Waals surface area contributed by atoms with E-state index in [1.165, 1.54) is 23.3 Å². The number of halogens is 1. The molecule has 2 rings (SSSR count). The molecule has 1 N–H and O–H groups in total. The van der Waals surface area contributed by atoms with Gasteiger partial charge in [-0.3, -0.25) is 5.43 Å². The molecule has 3 heteroatoms. The molecule has 0 spiro atoms. The van der Waals surface area contributed by atoms with Crippen LogP contribution in [-0.2, 0) is 0 Å². The standard InChI is InChI=1S/C15H15FN2/c1-11-3-4-13(12(2)9-11)10-17-18-15-7-5-14(16)6-8-15/h3-10,18H,1-2H3/b17-10-. The normalized spacial score (nSPS) is 10.8. The largest absolute Gasteiger partial charge is 0.279 e. The molecule has 0 aliphatic carbocycles. The van der Waals surface area contributed by atoms with Gasteiger partial charge >= 0.3 is 0 Å². The predicted octanol–water partition coefficient (Wildman–Crippen LogP) is 3.89. The highest BCUT2D eigenvalue weighted by molar-refractivity contribution is 5.82. The van der Waals surface area contributed by atoms with Crippen molar-refractivity contribution in [2.45, 2.75) is 13.8 Å². The van der Waals surface area contributed by atoms with E-state index in [2.05, 4.69) is 23.5 Å². The molecule has 0 saturated heterocycles. The van der Waals surface area contributed by atoms with E-state index in [1.807, 2.05) is 19.1 Å². The topological polar surface area (TPSA) is 24.4 Å². The third-order valence-electron chi connectivity index (χ3n) is 2.67. The molecule has 0 fully saturated rings. The first-order valence-electron chi connectivity index (χ1n) is 5.77. The van der Waals surface area contributed by atoms with Gasteiger partial charge in [-0.2, -0.15) is 5.10 Å². The summed E-state index contributed by atoms with van der Waals surface area (Å²) in [7, 11) is 0. The Hall–Kier alpha value is -2.16. The second-order valence-corrected chi connectivity index (χ2v) is 4.24. The van der Waals surface area contributed by atoms with Crippen molar-refractivity contribution in [2.24, 2.45) is 5.10 Å². The minimum absolute atomic E-state index is 0.251. The van der Waals surface area contributed by atoms with Crippen LogP contribution in [0, 0.1) is 19.7 Å². The van der Waals surface area contributed by atoms with Crippen LogP contribution in [0.2, 0.25) is 0 Å². The first kappa shape index (κ1) is 12.3. The van der Waals surface area contributed by atoms with Crippen molar-refractivity contribution >= 4 is 11.9 Å². The summed E-state index contributed by atoms with van der Waals surface area (Å²) in [6.07, 6.45) is 1.76. The maximum Gasteiger partial charge on any atom is 0.123 e. The number of anilines is 1. The van der Waals surface area contributed by atoms with Gasteiger partial charge in [-0.25, -0.2) is 4.39 Å². The molecule has 18 heavy (non-hydrogen) atoms. The van der Waals surface area contributed by atoms with E-state index in [9.17, 15) is 4.39 Å². The van der Waals surface area contributed by atoms with Gasteiger partial charge in [0, 0.05) is 0 Å². The van der Waals surface area contributed by atoms with E-state index in [-0.39, 0.29) is 5.82 Å². The third-order valence-corrected chi connectivity index (χ3v) is 2.67. The summed E-state index contributed by atoms with van der Waals surface area (Å²) in [6.45, 7) is 4.11. The fraction of sp³-hybridized carbons (Fsp3) is 0.133. The molecule has 0 aliphatic rings. The van der Waals surface area contributed by atoms with Crippen LogP contribution >= 0.6 is 0 Å². The molecule has 0 saturated carbocycles. The molecule has 0 bridgehead atoms. The summed E-state index contributed by atoms with van der Waals surface area (Å²) < 4.78 is 12.7. The van der Waals surface area contributed by atoms with Crippen molar-refractivity contribution in [3.8, 4) is 0 Å². The Morgan fingerprint density at radius 2 is 1.78 bits per heavy atom. The summed E-state index contributed by atoms with van der Waals surface area (Å²) in [6, 6.07) is 12.3. The Kier molecular flexibility index (Phi) is 3.72. The fourth-order valence-electron chi connectivity index (χ4n) is 1.67. The number of hydrogen-bond acceptors (Lipinski definition) is 2. The number of benzene rings is 2. The Labute approximate surface area is 106 Å². The molecular weight excluding hydrogens is 227 g/mol.